The highest BCUT2D eigenvalue weighted by Gasteiger charge is 2.30. The van der Waals surface area contributed by atoms with E-state index in [0.717, 1.165) is 23.2 Å². The highest BCUT2D eigenvalue weighted by Crippen LogP contribution is 2.41. The van der Waals surface area contributed by atoms with Gasteiger partial charge >= 0.3 is 0 Å². The number of anilines is 1. The van der Waals surface area contributed by atoms with Crippen LogP contribution >= 0.6 is 0 Å². The molecule has 0 saturated carbocycles. The molecule has 4 aromatic rings. The topological polar surface area (TPSA) is 68.0 Å². The Morgan fingerprint density at radius 3 is 2.69 bits per heavy atom. The number of aryl methyl sites for hydroxylation is 1. The van der Waals surface area contributed by atoms with E-state index >= 15 is 0 Å². The Hall–Kier alpha value is -3.28. The molecule has 1 unspecified atom stereocenters. The Labute approximate surface area is 170 Å². The Bertz CT molecular complexity index is 1210. The molecule has 0 saturated heterocycles. The Morgan fingerprint density at radius 1 is 1.10 bits per heavy atom. The van der Waals surface area contributed by atoms with Crippen LogP contribution in [0.5, 0.6) is 0 Å². The Kier molecular flexibility index (Phi) is 3.91. The molecular weight excluding hydrogens is 360 g/mol. The van der Waals surface area contributed by atoms with E-state index in [1.807, 2.05) is 22.7 Å². The van der Waals surface area contributed by atoms with Crippen molar-refractivity contribution in [3.8, 4) is 22.6 Å². The largest absolute Gasteiger partial charge is 0.380 e. The second kappa shape index (κ2) is 6.37. The zero-order chi connectivity index (χ0) is 20.2. The van der Waals surface area contributed by atoms with Crippen LogP contribution < -0.4 is 5.32 Å². The highest BCUT2D eigenvalue weighted by atomic mass is 15.3. The van der Waals surface area contributed by atoms with Crippen LogP contribution in [-0.2, 0) is 0 Å². The summed E-state index contributed by atoms with van der Waals surface area (Å²) in [5, 5.41) is 8.45. The van der Waals surface area contributed by atoms with Crippen LogP contribution in [0.4, 0.5) is 5.69 Å². The van der Waals surface area contributed by atoms with Gasteiger partial charge in [-0.25, -0.2) is 4.98 Å². The number of nitrogens with one attached hydrogen (secondary N) is 1. The van der Waals surface area contributed by atoms with Crippen molar-refractivity contribution in [2.24, 2.45) is 0 Å². The number of nitrogens with zero attached hydrogens (tertiary/aromatic N) is 5. The van der Waals surface area contributed by atoms with E-state index in [0.29, 0.717) is 17.5 Å². The minimum Gasteiger partial charge on any atom is -0.380 e. The predicted octanol–water partition coefficient (Wildman–Crippen LogP) is 4.86. The van der Waals surface area contributed by atoms with Crippen molar-refractivity contribution in [2.45, 2.75) is 45.6 Å². The molecule has 1 aliphatic rings. The van der Waals surface area contributed by atoms with Gasteiger partial charge in [-0.3, -0.25) is 4.98 Å². The lowest BCUT2D eigenvalue weighted by Crippen LogP contribution is -2.36. The number of fused-ring (bicyclic) bond motifs is 2. The molecule has 146 valence electrons. The summed E-state index contributed by atoms with van der Waals surface area (Å²) in [5.41, 5.74) is 6.99. The van der Waals surface area contributed by atoms with Crippen molar-refractivity contribution >= 4 is 11.5 Å². The number of hydrogen-bond donors (Lipinski definition) is 1. The second-order valence-corrected chi connectivity index (χ2v) is 8.58. The van der Waals surface area contributed by atoms with Crippen LogP contribution in [0.3, 0.4) is 0 Å². The third-order valence-electron chi connectivity index (χ3n) is 5.67. The summed E-state index contributed by atoms with van der Waals surface area (Å²) in [6.07, 6.45) is 6.40. The zero-order valence-corrected chi connectivity index (χ0v) is 17.1. The number of rotatable bonds is 2. The molecule has 1 aromatic carbocycles. The quantitative estimate of drug-likeness (QED) is 0.534. The molecule has 6 heteroatoms. The molecule has 1 N–H and O–H groups in total. The molecule has 0 amide bonds. The SMILES string of the molecule is Cc1cc2c(cc1-c1ccnc3nc(-c4ccncc4)nn13)C(C)CC(C)(C)N2. The van der Waals surface area contributed by atoms with Gasteiger partial charge in [-0.05, 0) is 74.6 Å². The number of benzene rings is 1. The van der Waals surface area contributed by atoms with E-state index in [9.17, 15) is 0 Å². The van der Waals surface area contributed by atoms with Crippen molar-refractivity contribution in [3.05, 3.63) is 60.0 Å². The molecule has 5 rings (SSSR count). The standard InChI is InChI=1S/C23H24N6/c1-14-11-19-17(15(2)13-23(3,4)27-19)12-18(14)20-7-10-25-22-26-21(28-29(20)22)16-5-8-24-9-6-16/h5-12,15,27H,13H2,1-4H3. The maximum absolute atomic E-state index is 4.75. The lowest BCUT2D eigenvalue weighted by molar-refractivity contribution is 0.454. The number of aromatic nitrogens is 5. The van der Waals surface area contributed by atoms with Gasteiger partial charge in [0.05, 0.1) is 5.69 Å². The van der Waals surface area contributed by atoms with E-state index in [4.69, 9.17) is 5.10 Å². The van der Waals surface area contributed by atoms with Crippen LogP contribution in [0.1, 0.15) is 44.2 Å². The van der Waals surface area contributed by atoms with E-state index in [1.165, 1.54) is 16.8 Å². The minimum atomic E-state index is 0.107. The second-order valence-electron chi connectivity index (χ2n) is 8.58. The van der Waals surface area contributed by atoms with Gasteiger partial charge < -0.3 is 5.32 Å². The van der Waals surface area contributed by atoms with E-state index in [1.54, 1.807) is 18.6 Å². The first kappa shape index (κ1) is 17.8. The Morgan fingerprint density at radius 2 is 1.90 bits per heavy atom. The van der Waals surface area contributed by atoms with E-state index in [2.05, 4.69) is 60.1 Å². The number of hydrogen-bond acceptors (Lipinski definition) is 5. The summed E-state index contributed by atoms with van der Waals surface area (Å²) in [6.45, 7) is 8.98. The van der Waals surface area contributed by atoms with Gasteiger partial charge in [0.25, 0.3) is 5.78 Å². The molecule has 1 atom stereocenters. The lowest BCUT2D eigenvalue weighted by atomic mass is 9.80. The zero-order valence-electron chi connectivity index (χ0n) is 17.1. The average Bonchev–Trinajstić information content (AvgIpc) is 3.12. The Balaban J connectivity index is 1.67. The molecule has 1 aliphatic heterocycles. The molecule has 0 aliphatic carbocycles. The first-order chi connectivity index (χ1) is 13.9. The summed E-state index contributed by atoms with van der Waals surface area (Å²) >= 11 is 0. The predicted molar refractivity (Wildman–Crippen MR) is 115 cm³/mol. The van der Waals surface area contributed by atoms with E-state index < -0.39 is 0 Å². The van der Waals surface area contributed by atoms with Crippen molar-refractivity contribution in [2.75, 3.05) is 5.32 Å². The summed E-state index contributed by atoms with van der Waals surface area (Å²) in [4.78, 5) is 13.1. The van der Waals surface area contributed by atoms with Crippen molar-refractivity contribution in [1.82, 2.24) is 24.6 Å². The van der Waals surface area contributed by atoms with Crippen LogP contribution in [0.15, 0.2) is 48.9 Å². The molecule has 0 radical (unpaired) electrons. The van der Waals surface area contributed by atoms with Gasteiger partial charge in [0.2, 0.25) is 0 Å². The summed E-state index contributed by atoms with van der Waals surface area (Å²) in [6, 6.07) is 10.4. The fourth-order valence-electron chi connectivity index (χ4n) is 4.43. The minimum absolute atomic E-state index is 0.107. The van der Waals surface area contributed by atoms with Crippen molar-refractivity contribution < 1.29 is 0 Å². The molecular formula is C23H24N6. The first-order valence-electron chi connectivity index (χ1n) is 9.96. The molecule has 4 heterocycles. The fourth-order valence-corrected chi connectivity index (χ4v) is 4.43. The van der Waals surface area contributed by atoms with Gasteiger partial charge in [0, 0.05) is 40.9 Å². The smallest absolute Gasteiger partial charge is 0.253 e. The first-order valence-corrected chi connectivity index (χ1v) is 9.96. The summed E-state index contributed by atoms with van der Waals surface area (Å²) in [5.74, 6) is 1.74. The third kappa shape index (κ3) is 3.05. The summed E-state index contributed by atoms with van der Waals surface area (Å²) < 4.78 is 1.84. The lowest BCUT2D eigenvalue weighted by Gasteiger charge is -2.38. The van der Waals surface area contributed by atoms with Crippen LogP contribution in [-0.4, -0.2) is 30.1 Å². The van der Waals surface area contributed by atoms with E-state index in [-0.39, 0.29) is 5.54 Å². The van der Waals surface area contributed by atoms with Gasteiger partial charge in [-0.1, -0.05) is 6.92 Å². The van der Waals surface area contributed by atoms with Crippen LogP contribution in [0.25, 0.3) is 28.4 Å². The van der Waals surface area contributed by atoms with Crippen molar-refractivity contribution in [3.63, 3.8) is 0 Å². The van der Waals surface area contributed by atoms with Crippen LogP contribution in [0.2, 0.25) is 0 Å². The van der Waals surface area contributed by atoms with Gasteiger partial charge in [0.1, 0.15) is 0 Å². The molecule has 6 nitrogen and oxygen atoms in total. The van der Waals surface area contributed by atoms with Crippen LogP contribution in [0, 0.1) is 6.92 Å². The normalized spacial score (nSPS) is 17.7. The molecule has 3 aromatic heterocycles. The maximum Gasteiger partial charge on any atom is 0.253 e. The molecule has 29 heavy (non-hydrogen) atoms. The number of pyridine rings is 1. The monoisotopic (exact) mass is 384 g/mol. The third-order valence-corrected chi connectivity index (χ3v) is 5.67. The highest BCUT2D eigenvalue weighted by molar-refractivity contribution is 5.73. The maximum atomic E-state index is 4.75. The molecule has 0 bridgehead atoms. The van der Waals surface area contributed by atoms with Crippen molar-refractivity contribution in [1.29, 1.82) is 0 Å². The average molecular weight is 384 g/mol. The fraction of sp³-hybridized carbons (Fsp3) is 0.304. The molecule has 0 spiro atoms. The van der Waals surface area contributed by atoms with Gasteiger partial charge in [-0.15, -0.1) is 5.10 Å². The summed E-state index contributed by atoms with van der Waals surface area (Å²) in [7, 11) is 0. The van der Waals surface area contributed by atoms with Gasteiger partial charge in [-0.2, -0.15) is 9.50 Å². The van der Waals surface area contributed by atoms with Gasteiger partial charge in [0.15, 0.2) is 5.82 Å². The molecule has 0 fully saturated rings.